The van der Waals surface area contributed by atoms with Crippen molar-refractivity contribution in [3.05, 3.63) is 64.0 Å². The summed E-state index contributed by atoms with van der Waals surface area (Å²) in [6.07, 6.45) is 1.42. The highest BCUT2D eigenvalue weighted by Gasteiger charge is 2.33. The fourth-order valence-electron chi connectivity index (χ4n) is 2.74. The van der Waals surface area contributed by atoms with E-state index in [9.17, 15) is 9.59 Å². The van der Waals surface area contributed by atoms with Gasteiger partial charge in [-0.1, -0.05) is 33.2 Å². The molecule has 4 rings (SSSR count). The number of nitrogens with zero attached hydrogens (tertiary/aromatic N) is 2. The van der Waals surface area contributed by atoms with Gasteiger partial charge in [0, 0.05) is 27.1 Å². The minimum atomic E-state index is -0.316. The lowest BCUT2D eigenvalue weighted by Gasteiger charge is -2.26. The molecule has 0 saturated carbocycles. The lowest BCUT2D eigenvalue weighted by molar-refractivity contribution is 0.0595. The maximum atomic E-state index is 12.7. The quantitative estimate of drug-likeness (QED) is 0.660. The first kappa shape index (κ1) is 13.2. The first-order valence-electron chi connectivity index (χ1n) is 6.63. The largest absolute Gasteiger partial charge is 0.364 e. The van der Waals surface area contributed by atoms with Gasteiger partial charge in [-0.3, -0.25) is 14.5 Å². The van der Waals surface area contributed by atoms with Crippen LogP contribution in [0.3, 0.4) is 0 Å². The van der Waals surface area contributed by atoms with Crippen LogP contribution in [0, 0.1) is 0 Å². The molecule has 0 bridgehead atoms. The monoisotopic (exact) mass is 356 g/mol. The van der Waals surface area contributed by atoms with Crippen molar-refractivity contribution in [2.24, 2.45) is 0 Å². The third-order valence-corrected chi connectivity index (χ3v) is 4.44. The predicted octanol–water partition coefficient (Wildman–Crippen LogP) is 3.39. The minimum Gasteiger partial charge on any atom is -0.364 e. The molecule has 2 heterocycles. The van der Waals surface area contributed by atoms with Crippen LogP contribution in [0.25, 0.3) is 10.8 Å². The van der Waals surface area contributed by atoms with Crippen molar-refractivity contribution in [1.29, 1.82) is 0 Å². The van der Waals surface area contributed by atoms with E-state index in [2.05, 4.69) is 21.1 Å². The van der Waals surface area contributed by atoms with Crippen LogP contribution in [0.15, 0.2) is 51.7 Å². The summed E-state index contributed by atoms with van der Waals surface area (Å²) in [5, 5.41) is 5.33. The third-order valence-electron chi connectivity index (χ3n) is 3.75. The highest BCUT2D eigenvalue weighted by atomic mass is 79.9. The standard InChI is InChI=1S/C16H9BrN2O3/c17-13-5-4-12-14-10(13)2-1-3-11(14)15(20)19(16(12)21)8-9-6-7-22-18-9/h1-7H,8H2. The molecule has 22 heavy (non-hydrogen) atoms. The fraction of sp³-hybridized carbons (Fsp3) is 0.0625. The summed E-state index contributed by atoms with van der Waals surface area (Å²) in [4.78, 5) is 26.6. The van der Waals surface area contributed by atoms with E-state index in [0.717, 1.165) is 9.86 Å². The van der Waals surface area contributed by atoms with Crippen LogP contribution >= 0.6 is 15.9 Å². The molecule has 1 aliphatic heterocycles. The second-order valence-electron chi connectivity index (χ2n) is 5.01. The molecule has 1 aromatic heterocycles. The van der Waals surface area contributed by atoms with Crippen molar-refractivity contribution in [2.75, 3.05) is 0 Å². The van der Waals surface area contributed by atoms with Crippen molar-refractivity contribution < 1.29 is 14.1 Å². The number of carbonyl (C=O) groups excluding carboxylic acids is 2. The Morgan fingerprint density at radius 2 is 1.82 bits per heavy atom. The zero-order valence-corrected chi connectivity index (χ0v) is 12.8. The number of aromatic nitrogens is 1. The zero-order valence-electron chi connectivity index (χ0n) is 11.2. The van der Waals surface area contributed by atoms with Crippen molar-refractivity contribution in [3.63, 3.8) is 0 Å². The second kappa shape index (κ2) is 4.78. The van der Waals surface area contributed by atoms with Gasteiger partial charge in [-0.25, -0.2) is 0 Å². The Labute approximate surface area is 133 Å². The molecular weight excluding hydrogens is 348 g/mol. The van der Waals surface area contributed by atoms with Crippen LogP contribution in [0.1, 0.15) is 26.4 Å². The second-order valence-corrected chi connectivity index (χ2v) is 5.86. The van der Waals surface area contributed by atoms with Crippen molar-refractivity contribution in [1.82, 2.24) is 10.1 Å². The lowest BCUT2D eigenvalue weighted by Crippen LogP contribution is -2.39. The van der Waals surface area contributed by atoms with Crippen LogP contribution in [-0.4, -0.2) is 21.9 Å². The van der Waals surface area contributed by atoms with Gasteiger partial charge in [0.15, 0.2) is 0 Å². The Kier molecular flexibility index (Phi) is 2.87. The molecule has 6 heteroatoms. The Morgan fingerprint density at radius 1 is 1.05 bits per heavy atom. The summed E-state index contributed by atoms with van der Waals surface area (Å²) in [6, 6.07) is 10.6. The molecule has 0 atom stereocenters. The number of benzene rings is 2. The third kappa shape index (κ3) is 1.80. The van der Waals surface area contributed by atoms with Gasteiger partial charge in [0.05, 0.1) is 6.54 Å². The van der Waals surface area contributed by atoms with Crippen LogP contribution in [0.2, 0.25) is 0 Å². The van der Waals surface area contributed by atoms with Gasteiger partial charge in [-0.15, -0.1) is 0 Å². The number of amides is 2. The van der Waals surface area contributed by atoms with Crippen molar-refractivity contribution >= 4 is 38.5 Å². The summed E-state index contributed by atoms with van der Waals surface area (Å²) in [5.41, 5.74) is 1.59. The predicted molar refractivity (Wildman–Crippen MR) is 82.4 cm³/mol. The van der Waals surface area contributed by atoms with E-state index in [0.29, 0.717) is 22.2 Å². The molecule has 0 fully saturated rings. The van der Waals surface area contributed by atoms with Gasteiger partial charge in [0.1, 0.15) is 12.0 Å². The summed E-state index contributed by atoms with van der Waals surface area (Å²) >= 11 is 3.46. The van der Waals surface area contributed by atoms with E-state index in [1.165, 1.54) is 11.2 Å². The average molecular weight is 357 g/mol. The van der Waals surface area contributed by atoms with Crippen molar-refractivity contribution in [3.8, 4) is 0 Å². The zero-order chi connectivity index (χ0) is 15.3. The topological polar surface area (TPSA) is 63.4 Å². The first-order valence-corrected chi connectivity index (χ1v) is 7.43. The number of hydrogen-bond donors (Lipinski definition) is 0. The Balaban J connectivity index is 1.91. The molecule has 2 aromatic carbocycles. The molecule has 0 aliphatic carbocycles. The van der Waals surface area contributed by atoms with Gasteiger partial charge in [-0.05, 0) is 23.6 Å². The van der Waals surface area contributed by atoms with Crippen LogP contribution in [0.4, 0.5) is 0 Å². The fourth-order valence-corrected chi connectivity index (χ4v) is 3.20. The minimum absolute atomic E-state index is 0.0973. The number of imide groups is 1. The summed E-state index contributed by atoms with van der Waals surface area (Å²) in [6.45, 7) is 0.0973. The molecule has 108 valence electrons. The number of hydrogen-bond acceptors (Lipinski definition) is 4. The van der Waals surface area contributed by atoms with Gasteiger partial charge in [-0.2, -0.15) is 0 Å². The van der Waals surface area contributed by atoms with Gasteiger partial charge in [0.25, 0.3) is 11.8 Å². The van der Waals surface area contributed by atoms with E-state index in [1.54, 1.807) is 18.2 Å². The molecule has 5 nitrogen and oxygen atoms in total. The smallest absolute Gasteiger partial charge is 0.261 e. The molecule has 3 aromatic rings. The van der Waals surface area contributed by atoms with Gasteiger partial charge >= 0.3 is 0 Å². The Morgan fingerprint density at radius 3 is 2.55 bits per heavy atom. The summed E-state index contributed by atoms with van der Waals surface area (Å²) in [5.74, 6) is -0.631. The van der Waals surface area contributed by atoms with Crippen molar-refractivity contribution in [2.45, 2.75) is 6.54 Å². The summed E-state index contributed by atoms with van der Waals surface area (Å²) < 4.78 is 5.62. The van der Waals surface area contributed by atoms with E-state index in [1.807, 2.05) is 18.2 Å². The van der Waals surface area contributed by atoms with E-state index in [-0.39, 0.29) is 18.4 Å². The lowest BCUT2D eigenvalue weighted by atomic mass is 9.94. The number of rotatable bonds is 2. The SMILES string of the molecule is O=C1c2cccc3c(Br)ccc(c23)C(=O)N1Cc1ccon1. The molecular formula is C16H9BrN2O3. The summed E-state index contributed by atoms with van der Waals surface area (Å²) in [7, 11) is 0. The maximum absolute atomic E-state index is 12.7. The van der Waals surface area contributed by atoms with Crippen LogP contribution in [-0.2, 0) is 6.54 Å². The number of carbonyl (C=O) groups is 2. The maximum Gasteiger partial charge on any atom is 0.261 e. The molecule has 2 amide bonds. The number of halogens is 1. The average Bonchev–Trinajstić information content (AvgIpc) is 3.03. The van der Waals surface area contributed by atoms with Gasteiger partial charge in [0.2, 0.25) is 0 Å². The Hall–Kier alpha value is -2.47. The van der Waals surface area contributed by atoms with E-state index < -0.39 is 0 Å². The molecule has 0 spiro atoms. The van der Waals surface area contributed by atoms with Gasteiger partial charge < -0.3 is 4.52 Å². The molecule has 0 N–H and O–H groups in total. The van der Waals surface area contributed by atoms with E-state index in [4.69, 9.17) is 4.52 Å². The highest BCUT2D eigenvalue weighted by Crippen LogP contribution is 2.34. The van der Waals surface area contributed by atoms with Crippen LogP contribution < -0.4 is 0 Å². The first-order chi connectivity index (χ1) is 10.7. The molecule has 0 unspecified atom stereocenters. The molecule has 0 radical (unpaired) electrons. The van der Waals surface area contributed by atoms with E-state index >= 15 is 0 Å². The molecule has 1 aliphatic rings. The molecule has 0 saturated heterocycles. The highest BCUT2D eigenvalue weighted by molar-refractivity contribution is 9.10. The Bertz CT molecular complexity index is 896. The van der Waals surface area contributed by atoms with Crippen LogP contribution in [0.5, 0.6) is 0 Å². The normalized spacial score (nSPS) is 14.0.